The second kappa shape index (κ2) is 29.1. The fourth-order valence-electron chi connectivity index (χ4n) is 1.81. The summed E-state index contributed by atoms with van der Waals surface area (Å²) in [7, 11) is 0. The Morgan fingerprint density at radius 2 is 1.19 bits per heavy atom. The third-order valence-corrected chi connectivity index (χ3v) is 2.89. The van der Waals surface area contributed by atoms with E-state index >= 15 is 0 Å². The number of nitrogens with one attached hydrogen (secondary N) is 2. The van der Waals surface area contributed by atoms with Crippen molar-refractivity contribution in [2.75, 3.05) is 26.2 Å². The summed E-state index contributed by atoms with van der Waals surface area (Å²) in [5.41, 5.74) is 11.0. The smallest absolute Gasteiger partial charge is 0.0571 e. The molecule has 0 aromatic heterocycles. The summed E-state index contributed by atoms with van der Waals surface area (Å²) < 4.78 is 0. The first-order valence-corrected chi connectivity index (χ1v) is 7.22. The Labute approximate surface area is 156 Å². The number of halogens is 4. The molecule has 0 amide bonds. The minimum atomic E-state index is 0. The molecular formula is C13H36Cl4N4. The van der Waals surface area contributed by atoms with Gasteiger partial charge in [0.2, 0.25) is 0 Å². The van der Waals surface area contributed by atoms with Crippen molar-refractivity contribution < 1.29 is 0 Å². The van der Waals surface area contributed by atoms with Gasteiger partial charge in [-0.05, 0) is 45.4 Å². The van der Waals surface area contributed by atoms with Crippen molar-refractivity contribution in [3.8, 4) is 0 Å². The van der Waals surface area contributed by atoms with E-state index in [-0.39, 0.29) is 49.6 Å². The number of unbranched alkanes of at least 4 members (excludes halogenated alkanes) is 3. The van der Waals surface area contributed by atoms with Crippen molar-refractivity contribution in [2.45, 2.75) is 58.0 Å². The van der Waals surface area contributed by atoms with Gasteiger partial charge >= 0.3 is 0 Å². The maximum atomic E-state index is 5.50. The molecular weight excluding hydrogens is 354 g/mol. The van der Waals surface area contributed by atoms with Gasteiger partial charge in [0.1, 0.15) is 0 Å². The zero-order chi connectivity index (χ0) is 12.8. The lowest BCUT2D eigenvalue weighted by molar-refractivity contribution is 0.384. The standard InChI is InChI=1S/C13H32N4.4ClH/c1-2-3-4-5-8-13(16-11-6-9-14)17-12-7-10-15;;;;/h13,16-17H,2-12,14-15H2,1H3;4*1H. The molecule has 21 heavy (non-hydrogen) atoms. The molecule has 136 valence electrons. The average Bonchev–Trinajstić information content (AvgIpc) is 2.34. The van der Waals surface area contributed by atoms with Crippen molar-refractivity contribution in [1.82, 2.24) is 10.6 Å². The largest absolute Gasteiger partial charge is 0.330 e. The molecule has 6 N–H and O–H groups in total. The van der Waals surface area contributed by atoms with E-state index < -0.39 is 0 Å². The van der Waals surface area contributed by atoms with Crippen LogP contribution in [-0.4, -0.2) is 32.3 Å². The highest BCUT2D eigenvalue weighted by Gasteiger charge is 2.05. The van der Waals surface area contributed by atoms with Gasteiger partial charge in [0, 0.05) is 0 Å². The summed E-state index contributed by atoms with van der Waals surface area (Å²) in [5.74, 6) is 0. The average molecular weight is 390 g/mol. The van der Waals surface area contributed by atoms with Crippen LogP contribution in [0, 0.1) is 0 Å². The van der Waals surface area contributed by atoms with Crippen molar-refractivity contribution in [3.63, 3.8) is 0 Å². The Morgan fingerprint density at radius 3 is 1.57 bits per heavy atom. The fraction of sp³-hybridized carbons (Fsp3) is 1.00. The molecule has 8 heteroatoms. The summed E-state index contributed by atoms with van der Waals surface area (Å²) in [6.45, 7) is 5.78. The van der Waals surface area contributed by atoms with E-state index in [2.05, 4.69) is 17.6 Å². The molecule has 0 radical (unpaired) electrons. The summed E-state index contributed by atoms with van der Waals surface area (Å²) in [5, 5.41) is 7.05. The monoisotopic (exact) mass is 388 g/mol. The molecule has 0 aromatic rings. The van der Waals surface area contributed by atoms with Gasteiger partial charge in [0.15, 0.2) is 0 Å². The van der Waals surface area contributed by atoms with Gasteiger partial charge in [-0.1, -0.05) is 32.6 Å². The lowest BCUT2D eigenvalue weighted by Gasteiger charge is -2.20. The third-order valence-electron chi connectivity index (χ3n) is 2.89. The van der Waals surface area contributed by atoms with Crippen LogP contribution in [0.1, 0.15) is 51.9 Å². The van der Waals surface area contributed by atoms with Gasteiger partial charge in [0.05, 0.1) is 6.17 Å². The molecule has 0 saturated carbocycles. The second-order valence-electron chi connectivity index (χ2n) is 4.59. The molecule has 0 aliphatic carbocycles. The Kier molecular flexibility index (Phi) is 46.5. The molecule has 0 fully saturated rings. The predicted octanol–water partition coefficient (Wildman–Crippen LogP) is 2.85. The molecule has 0 saturated heterocycles. The summed E-state index contributed by atoms with van der Waals surface area (Å²) in [6.07, 6.45) is 9.01. The van der Waals surface area contributed by atoms with Crippen molar-refractivity contribution >= 4 is 49.6 Å². The van der Waals surface area contributed by atoms with E-state index in [1.807, 2.05) is 0 Å². The van der Waals surface area contributed by atoms with Crippen LogP contribution in [0.2, 0.25) is 0 Å². The maximum Gasteiger partial charge on any atom is 0.0571 e. The molecule has 0 bridgehead atoms. The van der Waals surface area contributed by atoms with E-state index in [9.17, 15) is 0 Å². The minimum Gasteiger partial charge on any atom is -0.330 e. The van der Waals surface area contributed by atoms with Crippen molar-refractivity contribution in [3.05, 3.63) is 0 Å². The Balaban J connectivity index is -0.000000213. The molecule has 0 aliphatic rings. The normalized spacial score (nSPS) is 9.14. The number of nitrogens with two attached hydrogens (primary N) is 2. The number of hydrogen-bond donors (Lipinski definition) is 4. The van der Waals surface area contributed by atoms with Crippen LogP contribution in [0.15, 0.2) is 0 Å². The molecule has 0 rings (SSSR count). The second-order valence-corrected chi connectivity index (χ2v) is 4.59. The zero-order valence-corrected chi connectivity index (χ0v) is 16.4. The van der Waals surface area contributed by atoms with E-state index in [4.69, 9.17) is 11.5 Å². The van der Waals surface area contributed by atoms with E-state index in [1.165, 1.54) is 32.1 Å². The van der Waals surface area contributed by atoms with E-state index in [0.29, 0.717) is 6.17 Å². The molecule has 0 spiro atoms. The number of hydrogen-bond acceptors (Lipinski definition) is 4. The first-order valence-electron chi connectivity index (χ1n) is 7.22. The Hall–Kier alpha value is 1.00. The highest BCUT2D eigenvalue weighted by molar-refractivity contribution is 5.86. The SMILES string of the molecule is CCCCCCC(NCCCN)NCCCN.Cl.Cl.Cl.Cl. The highest BCUT2D eigenvalue weighted by atomic mass is 35.5. The fourth-order valence-corrected chi connectivity index (χ4v) is 1.81. The Bertz CT molecular complexity index is 146. The van der Waals surface area contributed by atoms with Crippen LogP contribution in [0.5, 0.6) is 0 Å². The van der Waals surface area contributed by atoms with E-state index in [1.54, 1.807) is 0 Å². The van der Waals surface area contributed by atoms with Crippen LogP contribution in [0.25, 0.3) is 0 Å². The van der Waals surface area contributed by atoms with Gasteiger partial charge < -0.3 is 22.1 Å². The van der Waals surface area contributed by atoms with Crippen LogP contribution in [-0.2, 0) is 0 Å². The van der Waals surface area contributed by atoms with Gasteiger partial charge in [0.25, 0.3) is 0 Å². The summed E-state index contributed by atoms with van der Waals surface area (Å²) in [6, 6.07) is 0. The topological polar surface area (TPSA) is 76.1 Å². The van der Waals surface area contributed by atoms with Gasteiger partial charge in [-0.2, -0.15) is 0 Å². The lowest BCUT2D eigenvalue weighted by Crippen LogP contribution is -2.43. The third kappa shape index (κ3) is 26.2. The first kappa shape index (κ1) is 33.6. The lowest BCUT2D eigenvalue weighted by atomic mass is 10.1. The van der Waals surface area contributed by atoms with Gasteiger partial charge in [-0.25, -0.2) is 0 Å². The van der Waals surface area contributed by atoms with Crippen LogP contribution < -0.4 is 22.1 Å². The summed E-state index contributed by atoms with van der Waals surface area (Å²) in [4.78, 5) is 0. The first-order chi connectivity index (χ1) is 8.35. The molecule has 0 atom stereocenters. The highest BCUT2D eigenvalue weighted by Crippen LogP contribution is 2.04. The van der Waals surface area contributed by atoms with Crippen LogP contribution >= 0.6 is 49.6 Å². The molecule has 0 aliphatic heterocycles. The van der Waals surface area contributed by atoms with Crippen LogP contribution in [0.3, 0.4) is 0 Å². The maximum absolute atomic E-state index is 5.50. The molecule has 4 nitrogen and oxygen atoms in total. The van der Waals surface area contributed by atoms with Crippen molar-refractivity contribution in [1.29, 1.82) is 0 Å². The van der Waals surface area contributed by atoms with Crippen LogP contribution in [0.4, 0.5) is 0 Å². The van der Waals surface area contributed by atoms with Gasteiger partial charge in [-0.3, -0.25) is 0 Å². The molecule has 0 heterocycles. The number of rotatable bonds is 13. The minimum absolute atomic E-state index is 0. The Morgan fingerprint density at radius 1 is 0.714 bits per heavy atom. The van der Waals surface area contributed by atoms with E-state index in [0.717, 1.165) is 39.0 Å². The van der Waals surface area contributed by atoms with Gasteiger partial charge in [-0.15, -0.1) is 49.6 Å². The quantitative estimate of drug-likeness (QED) is 0.288. The molecule has 0 aromatic carbocycles. The summed E-state index contributed by atoms with van der Waals surface area (Å²) >= 11 is 0. The van der Waals surface area contributed by atoms with Crippen molar-refractivity contribution in [2.24, 2.45) is 11.5 Å². The zero-order valence-electron chi connectivity index (χ0n) is 13.1. The predicted molar refractivity (Wildman–Crippen MR) is 105 cm³/mol. The molecule has 0 unspecified atom stereocenters.